The van der Waals surface area contributed by atoms with Crippen molar-refractivity contribution in [2.75, 3.05) is 13.2 Å². The van der Waals surface area contributed by atoms with E-state index in [-0.39, 0.29) is 5.91 Å². The molecule has 0 fully saturated rings. The molecule has 2 aromatic rings. The average molecular weight is 425 g/mol. The van der Waals surface area contributed by atoms with Crippen molar-refractivity contribution in [2.45, 2.75) is 20.4 Å². The van der Waals surface area contributed by atoms with E-state index in [4.69, 9.17) is 9.47 Å². The van der Waals surface area contributed by atoms with Crippen molar-refractivity contribution in [1.29, 1.82) is 0 Å². The van der Waals surface area contributed by atoms with Gasteiger partial charge in [-0.15, -0.1) is 0 Å². The standard InChI is InChI=1S/C18H20INO3/c1-3-22-16-9-8-13(10-17(16)23-4-2)12-20-18(21)14-6-5-7-15(19)11-14/h5-11H,3-4,12H2,1-2H3,(H,20,21). The highest BCUT2D eigenvalue weighted by Gasteiger charge is 2.09. The van der Waals surface area contributed by atoms with Gasteiger partial charge < -0.3 is 14.8 Å². The first-order chi connectivity index (χ1) is 11.1. The zero-order valence-electron chi connectivity index (χ0n) is 13.3. The SMILES string of the molecule is CCOc1ccc(CNC(=O)c2cccc(I)c2)cc1OCC. The third-order valence-corrected chi connectivity index (χ3v) is 3.82. The third-order valence-electron chi connectivity index (χ3n) is 3.15. The predicted molar refractivity (Wildman–Crippen MR) is 99.1 cm³/mol. The number of hydrogen-bond acceptors (Lipinski definition) is 3. The van der Waals surface area contributed by atoms with Crippen molar-refractivity contribution in [1.82, 2.24) is 5.32 Å². The Bertz CT molecular complexity index is 673. The second kappa shape index (κ2) is 8.76. The molecule has 2 aromatic carbocycles. The molecule has 0 aliphatic carbocycles. The summed E-state index contributed by atoms with van der Waals surface area (Å²) >= 11 is 2.19. The Balaban J connectivity index is 2.05. The maximum absolute atomic E-state index is 12.2. The molecule has 0 aliphatic heterocycles. The Labute approximate surface area is 150 Å². The minimum atomic E-state index is -0.0876. The van der Waals surface area contributed by atoms with E-state index in [1.165, 1.54) is 0 Å². The normalized spacial score (nSPS) is 10.2. The lowest BCUT2D eigenvalue weighted by molar-refractivity contribution is 0.0951. The molecule has 0 heterocycles. The minimum Gasteiger partial charge on any atom is -0.490 e. The molecule has 0 saturated carbocycles. The van der Waals surface area contributed by atoms with Gasteiger partial charge in [-0.3, -0.25) is 4.79 Å². The van der Waals surface area contributed by atoms with Crippen LogP contribution in [0.4, 0.5) is 0 Å². The van der Waals surface area contributed by atoms with Gasteiger partial charge in [-0.05, 0) is 72.3 Å². The summed E-state index contributed by atoms with van der Waals surface area (Å²) in [6.07, 6.45) is 0. The maximum atomic E-state index is 12.2. The van der Waals surface area contributed by atoms with Gasteiger partial charge in [0.25, 0.3) is 5.91 Å². The largest absolute Gasteiger partial charge is 0.490 e. The topological polar surface area (TPSA) is 47.6 Å². The van der Waals surface area contributed by atoms with Crippen molar-refractivity contribution >= 4 is 28.5 Å². The van der Waals surface area contributed by atoms with Crippen LogP contribution < -0.4 is 14.8 Å². The average Bonchev–Trinajstić information content (AvgIpc) is 2.55. The molecule has 0 aromatic heterocycles. The molecular formula is C18H20INO3. The second-order valence-electron chi connectivity index (χ2n) is 4.84. The number of amides is 1. The van der Waals surface area contributed by atoms with Crippen LogP contribution in [0, 0.1) is 3.57 Å². The summed E-state index contributed by atoms with van der Waals surface area (Å²) in [5, 5.41) is 2.92. The van der Waals surface area contributed by atoms with Crippen molar-refractivity contribution in [3.8, 4) is 11.5 Å². The van der Waals surface area contributed by atoms with E-state index in [0.29, 0.717) is 31.1 Å². The summed E-state index contributed by atoms with van der Waals surface area (Å²) in [6, 6.07) is 13.2. The van der Waals surface area contributed by atoms with Crippen LogP contribution in [-0.4, -0.2) is 19.1 Å². The summed E-state index contributed by atoms with van der Waals surface area (Å²) in [5.41, 5.74) is 1.63. The number of rotatable bonds is 7. The van der Waals surface area contributed by atoms with Gasteiger partial charge in [-0.2, -0.15) is 0 Å². The van der Waals surface area contributed by atoms with E-state index < -0.39 is 0 Å². The van der Waals surface area contributed by atoms with Gasteiger partial charge in [-0.25, -0.2) is 0 Å². The van der Waals surface area contributed by atoms with Crippen LogP contribution in [0.25, 0.3) is 0 Å². The summed E-state index contributed by atoms with van der Waals surface area (Å²) < 4.78 is 12.2. The molecule has 1 N–H and O–H groups in total. The quantitative estimate of drug-likeness (QED) is 0.682. The lowest BCUT2D eigenvalue weighted by Crippen LogP contribution is -2.22. The van der Waals surface area contributed by atoms with E-state index in [0.717, 1.165) is 14.9 Å². The van der Waals surface area contributed by atoms with Crippen molar-refractivity contribution in [3.63, 3.8) is 0 Å². The highest BCUT2D eigenvalue weighted by atomic mass is 127. The zero-order valence-corrected chi connectivity index (χ0v) is 15.4. The highest BCUT2D eigenvalue weighted by Crippen LogP contribution is 2.28. The molecule has 0 aliphatic rings. The molecule has 2 rings (SSSR count). The van der Waals surface area contributed by atoms with Gasteiger partial charge in [-0.1, -0.05) is 12.1 Å². The second-order valence-corrected chi connectivity index (χ2v) is 6.09. The Morgan fingerprint density at radius 1 is 1.04 bits per heavy atom. The Hall–Kier alpha value is -1.76. The number of carbonyl (C=O) groups is 1. The lowest BCUT2D eigenvalue weighted by atomic mass is 10.1. The Morgan fingerprint density at radius 2 is 1.78 bits per heavy atom. The van der Waals surface area contributed by atoms with E-state index in [1.54, 1.807) is 6.07 Å². The number of ether oxygens (including phenoxy) is 2. The van der Waals surface area contributed by atoms with E-state index in [9.17, 15) is 4.79 Å². The van der Waals surface area contributed by atoms with Crippen molar-refractivity contribution in [2.24, 2.45) is 0 Å². The zero-order chi connectivity index (χ0) is 16.7. The van der Waals surface area contributed by atoms with Gasteiger partial charge in [0.1, 0.15) is 0 Å². The third kappa shape index (κ3) is 5.13. The maximum Gasteiger partial charge on any atom is 0.251 e. The first-order valence-corrected chi connectivity index (χ1v) is 8.64. The Morgan fingerprint density at radius 3 is 2.48 bits per heavy atom. The minimum absolute atomic E-state index is 0.0876. The molecule has 1 amide bonds. The fraction of sp³-hybridized carbons (Fsp3) is 0.278. The molecule has 0 bridgehead atoms. The van der Waals surface area contributed by atoms with Gasteiger partial charge in [0, 0.05) is 15.7 Å². The predicted octanol–water partition coefficient (Wildman–Crippen LogP) is 4.02. The number of carbonyl (C=O) groups excluding carboxylic acids is 1. The smallest absolute Gasteiger partial charge is 0.251 e. The van der Waals surface area contributed by atoms with Gasteiger partial charge in [0.2, 0.25) is 0 Å². The molecule has 0 radical (unpaired) electrons. The lowest BCUT2D eigenvalue weighted by Gasteiger charge is -2.13. The molecule has 5 heteroatoms. The van der Waals surface area contributed by atoms with Crippen LogP contribution in [0.2, 0.25) is 0 Å². The number of benzene rings is 2. The van der Waals surface area contributed by atoms with Crippen LogP contribution in [0.5, 0.6) is 11.5 Å². The van der Waals surface area contributed by atoms with E-state index in [1.807, 2.05) is 50.2 Å². The fourth-order valence-corrected chi connectivity index (χ4v) is 2.66. The van der Waals surface area contributed by atoms with Crippen LogP contribution in [0.3, 0.4) is 0 Å². The molecule has 0 spiro atoms. The number of halogens is 1. The first-order valence-electron chi connectivity index (χ1n) is 7.56. The first kappa shape index (κ1) is 17.6. The molecule has 0 unspecified atom stereocenters. The Kier molecular flexibility index (Phi) is 6.70. The summed E-state index contributed by atoms with van der Waals surface area (Å²) in [4.78, 5) is 12.2. The van der Waals surface area contributed by atoms with Crippen LogP contribution in [0.1, 0.15) is 29.8 Å². The number of nitrogens with one attached hydrogen (secondary N) is 1. The molecule has 0 atom stereocenters. The van der Waals surface area contributed by atoms with E-state index in [2.05, 4.69) is 27.9 Å². The van der Waals surface area contributed by atoms with Gasteiger partial charge in [0.15, 0.2) is 11.5 Å². The number of hydrogen-bond donors (Lipinski definition) is 1. The van der Waals surface area contributed by atoms with Gasteiger partial charge >= 0.3 is 0 Å². The van der Waals surface area contributed by atoms with Crippen LogP contribution >= 0.6 is 22.6 Å². The van der Waals surface area contributed by atoms with Crippen LogP contribution in [0.15, 0.2) is 42.5 Å². The highest BCUT2D eigenvalue weighted by molar-refractivity contribution is 14.1. The summed E-state index contributed by atoms with van der Waals surface area (Å²) in [6.45, 7) is 5.46. The monoisotopic (exact) mass is 425 g/mol. The molecule has 122 valence electrons. The summed E-state index contributed by atoms with van der Waals surface area (Å²) in [5.74, 6) is 1.34. The van der Waals surface area contributed by atoms with Crippen molar-refractivity contribution in [3.05, 3.63) is 57.2 Å². The summed E-state index contributed by atoms with van der Waals surface area (Å²) in [7, 11) is 0. The van der Waals surface area contributed by atoms with E-state index >= 15 is 0 Å². The van der Waals surface area contributed by atoms with Gasteiger partial charge in [0.05, 0.1) is 13.2 Å². The van der Waals surface area contributed by atoms with Crippen molar-refractivity contribution < 1.29 is 14.3 Å². The van der Waals surface area contributed by atoms with Crippen LogP contribution in [-0.2, 0) is 6.54 Å². The molecule has 0 saturated heterocycles. The molecular weight excluding hydrogens is 405 g/mol. The molecule has 4 nitrogen and oxygen atoms in total. The molecule has 23 heavy (non-hydrogen) atoms. The fourth-order valence-electron chi connectivity index (χ4n) is 2.12.